The highest BCUT2D eigenvalue weighted by molar-refractivity contribution is 5.90. The van der Waals surface area contributed by atoms with Gasteiger partial charge in [-0.25, -0.2) is 4.79 Å². The molecule has 3 aliphatic rings. The van der Waals surface area contributed by atoms with Crippen LogP contribution in [0, 0.1) is 0 Å². The molecule has 1 saturated heterocycles. The van der Waals surface area contributed by atoms with E-state index in [0.717, 1.165) is 36.4 Å². The zero-order chi connectivity index (χ0) is 18.2. The summed E-state index contributed by atoms with van der Waals surface area (Å²) in [4.78, 5) is 14.7. The molecule has 1 atom stereocenters. The number of anilines is 1. The second-order valence-corrected chi connectivity index (χ2v) is 6.75. The maximum Gasteiger partial charge on any atom is 0.322 e. The van der Waals surface area contributed by atoms with E-state index < -0.39 is 0 Å². The average molecular weight is 368 g/mol. The van der Waals surface area contributed by atoms with Crippen molar-refractivity contribution in [3.05, 3.63) is 42.0 Å². The van der Waals surface area contributed by atoms with Crippen LogP contribution in [0.3, 0.4) is 0 Å². The lowest BCUT2D eigenvalue weighted by molar-refractivity contribution is 0.170. The van der Waals surface area contributed by atoms with Gasteiger partial charge in [0.2, 0.25) is 6.79 Å². The highest BCUT2D eigenvalue weighted by Gasteiger charge is 2.31. The van der Waals surface area contributed by atoms with Gasteiger partial charge in [0.05, 0.1) is 6.04 Å². The summed E-state index contributed by atoms with van der Waals surface area (Å²) in [7, 11) is 0. The molecule has 7 heteroatoms. The third-order valence-corrected chi connectivity index (χ3v) is 5.09. The maximum atomic E-state index is 12.9. The zero-order valence-electron chi connectivity index (χ0n) is 14.8. The number of nitrogens with one attached hydrogen (secondary N) is 1. The van der Waals surface area contributed by atoms with Crippen LogP contribution in [-0.4, -0.2) is 37.5 Å². The van der Waals surface area contributed by atoms with Crippen molar-refractivity contribution in [3.63, 3.8) is 0 Å². The van der Waals surface area contributed by atoms with Crippen LogP contribution in [0.5, 0.6) is 23.0 Å². The molecule has 0 aromatic heterocycles. The number of ether oxygens (including phenoxy) is 4. The topological polar surface area (TPSA) is 69.3 Å². The van der Waals surface area contributed by atoms with Crippen LogP contribution in [0.4, 0.5) is 10.5 Å². The summed E-state index contributed by atoms with van der Waals surface area (Å²) in [5.74, 6) is 2.86. The predicted octanol–water partition coefficient (Wildman–Crippen LogP) is 3.56. The molecule has 2 aromatic carbocycles. The summed E-state index contributed by atoms with van der Waals surface area (Å²) in [6, 6.07) is 11.3. The molecule has 27 heavy (non-hydrogen) atoms. The second kappa shape index (κ2) is 6.57. The Balaban J connectivity index is 1.34. The molecule has 1 N–H and O–H groups in total. The Morgan fingerprint density at radius 1 is 0.926 bits per heavy atom. The number of hydrogen-bond acceptors (Lipinski definition) is 5. The molecule has 0 aliphatic carbocycles. The summed E-state index contributed by atoms with van der Waals surface area (Å²) >= 11 is 0. The van der Waals surface area contributed by atoms with Crippen molar-refractivity contribution in [2.45, 2.75) is 18.9 Å². The first-order valence-corrected chi connectivity index (χ1v) is 9.15. The first-order chi connectivity index (χ1) is 13.3. The molecule has 0 unspecified atom stereocenters. The molecule has 0 saturated carbocycles. The number of rotatable bonds is 2. The highest BCUT2D eigenvalue weighted by Crippen LogP contribution is 2.39. The van der Waals surface area contributed by atoms with Crippen molar-refractivity contribution in [1.29, 1.82) is 0 Å². The molecule has 0 spiro atoms. The van der Waals surface area contributed by atoms with Crippen LogP contribution in [0.25, 0.3) is 0 Å². The number of carbonyl (C=O) groups excluding carboxylic acids is 1. The van der Waals surface area contributed by atoms with E-state index in [2.05, 4.69) is 5.32 Å². The van der Waals surface area contributed by atoms with Gasteiger partial charge in [0, 0.05) is 18.3 Å². The Bertz CT molecular complexity index is 885. The fraction of sp³-hybridized carbons (Fsp3) is 0.350. The lowest BCUT2D eigenvalue weighted by Crippen LogP contribution is -2.34. The van der Waals surface area contributed by atoms with Crippen LogP contribution < -0.4 is 24.3 Å². The molecule has 3 heterocycles. The van der Waals surface area contributed by atoms with Gasteiger partial charge >= 0.3 is 6.03 Å². The van der Waals surface area contributed by atoms with E-state index in [-0.39, 0.29) is 18.9 Å². The maximum absolute atomic E-state index is 12.9. The number of likely N-dealkylation sites (tertiary alicyclic amines) is 1. The summed E-state index contributed by atoms with van der Waals surface area (Å²) in [6.07, 6.45) is 1.89. The molecule has 140 valence electrons. The van der Waals surface area contributed by atoms with E-state index in [1.165, 1.54) is 0 Å². The molecular weight excluding hydrogens is 348 g/mol. The van der Waals surface area contributed by atoms with Gasteiger partial charge in [0.1, 0.15) is 13.2 Å². The van der Waals surface area contributed by atoms with Gasteiger partial charge in [-0.3, -0.25) is 0 Å². The third kappa shape index (κ3) is 2.99. The molecule has 3 aliphatic heterocycles. The minimum absolute atomic E-state index is 0.0230. The van der Waals surface area contributed by atoms with Gasteiger partial charge in [0.15, 0.2) is 23.0 Å². The Hall–Kier alpha value is -3.09. The summed E-state index contributed by atoms with van der Waals surface area (Å²) < 4.78 is 22.0. The SMILES string of the molecule is O=C(Nc1ccc2c(c1)OCO2)N1CCC[C@@H]1c1ccc2c(c1)OCCO2. The number of nitrogens with zero attached hydrogens (tertiary/aromatic N) is 1. The zero-order valence-corrected chi connectivity index (χ0v) is 14.8. The van der Waals surface area contributed by atoms with Gasteiger partial charge in [-0.2, -0.15) is 0 Å². The molecule has 2 amide bonds. The van der Waals surface area contributed by atoms with Gasteiger partial charge < -0.3 is 29.2 Å². The molecule has 7 nitrogen and oxygen atoms in total. The average Bonchev–Trinajstić information content (AvgIpc) is 3.36. The van der Waals surface area contributed by atoms with E-state index in [1.807, 2.05) is 29.2 Å². The van der Waals surface area contributed by atoms with Crippen molar-refractivity contribution >= 4 is 11.7 Å². The first-order valence-electron chi connectivity index (χ1n) is 9.15. The summed E-state index contributed by atoms with van der Waals surface area (Å²) in [5, 5.41) is 2.97. The van der Waals surface area contributed by atoms with E-state index in [4.69, 9.17) is 18.9 Å². The number of fused-ring (bicyclic) bond motifs is 2. The third-order valence-electron chi connectivity index (χ3n) is 5.09. The lowest BCUT2D eigenvalue weighted by Gasteiger charge is -2.27. The van der Waals surface area contributed by atoms with E-state index >= 15 is 0 Å². The molecule has 0 radical (unpaired) electrons. The van der Waals surface area contributed by atoms with Crippen LogP contribution in [0.2, 0.25) is 0 Å². The highest BCUT2D eigenvalue weighted by atomic mass is 16.7. The molecule has 2 aromatic rings. The van der Waals surface area contributed by atoms with Crippen LogP contribution >= 0.6 is 0 Å². The number of carbonyl (C=O) groups is 1. The van der Waals surface area contributed by atoms with Crippen molar-refractivity contribution in [1.82, 2.24) is 4.90 Å². The van der Waals surface area contributed by atoms with Crippen molar-refractivity contribution < 1.29 is 23.7 Å². The Labute approximate surface area is 156 Å². The lowest BCUT2D eigenvalue weighted by atomic mass is 10.0. The van der Waals surface area contributed by atoms with E-state index in [9.17, 15) is 4.79 Å². The Morgan fingerprint density at radius 3 is 2.59 bits per heavy atom. The normalized spacial score (nSPS) is 19.9. The minimum atomic E-state index is -0.119. The predicted molar refractivity (Wildman–Crippen MR) is 97.7 cm³/mol. The smallest absolute Gasteiger partial charge is 0.322 e. The number of benzene rings is 2. The van der Waals surface area contributed by atoms with Gasteiger partial charge in [-0.05, 0) is 42.7 Å². The molecule has 5 rings (SSSR count). The van der Waals surface area contributed by atoms with Crippen molar-refractivity contribution in [2.75, 3.05) is 31.9 Å². The Kier molecular flexibility index (Phi) is 3.92. The van der Waals surface area contributed by atoms with Crippen LogP contribution in [0.1, 0.15) is 24.4 Å². The molecule has 0 bridgehead atoms. The van der Waals surface area contributed by atoms with Gasteiger partial charge in [-0.15, -0.1) is 0 Å². The van der Waals surface area contributed by atoms with Crippen molar-refractivity contribution in [3.8, 4) is 23.0 Å². The van der Waals surface area contributed by atoms with Crippen LogP contribution in [0.15, 0.2) is 36.4 Å². The number of urea groups is 1. The standard InChI is InChI=1S/C20H20N2O5/c23-20(21-14-4-6-17-19(11-14)27-12-26-17)22-7-1-2-15(22)13-3-5-16-18(10-13)25-9-8-24-16/h3-6,10-11,15H,1-2,7-9,12H2,(H,21,23)/t15-/m1/s1. The fourth-order valence-electron chi connectivity index (χ4n) is 3.79. The largest absolute Gasteiger partial charge is 0.486 e. The van der Waals surface area contributed by atoms with Gasteiger partial charge in [0.25, 0.3) is 0 Å². The minimum Gasteiger partial charge on any atom is -0.486 e. The molecule has 1 fully saturated rings. The van der Waals surface area contributed by atoms with E-state index in [1.54, 1.807) is 12.1 Å². The van der Waals surface area contributed by atoms with Crippen molar-refractivity contribution in [2.24, 2.45) is 0 Å². The van der Waals surface area contributed by atoms with E-state index in [0.29, 0.717) is 30.4 Å². The quantitative estimate of drug-likeness (QED) is 0.878. The van der Waals surface area contributed by atoms with Crippen LogP contribution in [-0.2, 0) is 0 Å². The number of amides is 2. The summed E-state index contributed by atoms with van der Waals surface area (Å²) in [6.45, 7) is 2.05. The fourth-order valence-corrected chi connectivity index (χ4v) is 3.79. The summed E-state index contributed by atoms with van der Waals surface area (Å²) in [5.41, 5.74) is 1.76. The van der Waals surface area contributed by atoms with Gasteiger partial charge in [-0.1, -0.05) is 6.07 Å². The Morgan fingerprint density at radius 2 is 1.67 bits per heavy atom. The first kappa shape index (κ1) is 16.1. The second-order valence-electron chi connectivity index (χ2n) is 6.75. The molecular formula is C20H20N2O5. The monoisotopic (exact) mass is 368 g/mol. The number of hydrogen-bond donors (Lipinski definition) is 1.